The minimum Gasteiger partial charge on any atom is -0.493 e. The van der Waals surface area contributed by atoms with Gasteiger partial charge in [0.05, 0.1) is 36.5 Å². The van der Waals surface area contributed by atoms with E-state index in [0.717, 1.165) is 0 Å². The number of ether oxygens (including phenoxy) is 3. The lowest BCUT2D eigenvalue weighted by Crippen LogP contribution is -2.16. The number of nitrogens with zero attached hydrogens (tertiary/aromatic N) is 3. The predicted molar refractivity (Wildman–Crippen MR) is 150 cm³/mol. The second kappa shape index (κ2) is 11.9. The fraction of sp³-hybridized carbons (Fsp3) is 0.310. The Morgan fingerprint density at radius 3 is 2.00 bits per heavy atom. The van der Waals surface area contributed by atoms with Crippen LogP contribution in [0.1, 0.15) is 48.7 Å². The zero-order valence-corrected chi connectivity index (χ0v) is 22.9. The van der Waals surface area contributed by atoms with E-state index < -0.39 is 16.8 Å². The van der Waals surface area contributed by atoms with Crippen molar-refractivity contribution in [3.63, 3.8) is 0 Å². The molecule has 2 aromatic heterocycles. The van der Waals surface area contributed by atoms with Gasteiger partial charge >= 0.3 is 5.97 Å². The molecule has 4 rings (SSSR count). The molecule has 0 saturated carbocycles. The van der Waals surface area contributed by atoms with E-state index in [1.165, 1.54) is 25.3 Å². The van der Waals surface area contributed by atoms with Crippen molar-refractivity contribution < 1.29 is 28.7 Å². The standard InChI is InChI=1S/C29H30N4O7/c1-16(2)14-39-24-12-21(30-27-19(24)9-7-11-23(27)33(36)37)28(34)32-20-10-6-8-18-25(40-15-17(3)4)13-22(29(35)38-5)31-26(18)20/h6-13,16-17H,14-15H2,1-5H3,(H,32,34). The summed E-state index contributed by atoms with van der Waals surface area (Å²) in [7, 11) is 1.25. The number of para-hydroxylation sites is 2. The highest BCUT2D eigenvalue weighted by Gasteiger charge is 2.22. The van der Waals surface area contributed by atoms with Crippen molar-refractivity contribution in [2.45, 2.75) is 27.7 Å². The average Bonchev–Trinajstić information content (AvgIpc) is 2.93. The first-order chi connectivity index (χ1) is 19.1. The number of nitro benzene ring substituents is 1. The Kier molecular flexibility index (Phi) is 8.42. The highest BCUT2D eigenvalue weighted by atomic mass is 16.6. The molecule has 0 bridgehead atoms. The number of carbonyl (C=O) groups is 2. The molecule has 11 heteroatoms. The highest BCUT2D eigenvalue weighted by Crippen LogP contribution is 2.34. The number of fused-ring (bicyclic) bond motifs is 2. The summed E-state index contributed by atoms with van der Waals surface area (Å²) < 4.78 is 16.7. The van der Waals surface area contributed by atoms with Crippen molar-refractivity contribution in [1.29, 1.82) is 0 Å². The Morgan fingerprint density at radius 2 is 1.43 bits per heavy atom. The monoisotopic (exact) mass is 546 g/mol. The number of nitrogens with one attached hydrogen (secondary N) is 1. The van der Waals surface area contributed by atoms with Crippen LogP contribution in [0.4, 0.5) is 11.4 Å². The van der Waals surface area contributed by atoms with Crippen LogP contribution in [0.3, 0.4) is 0 Å². The number of hydrogen-bond acceptors (Lipinski definition) is 9. The third-order valence-electron chi connectivity index (χ3n) is 5.80. The van der Waals surface area contributed by atoms with E-state index in [2.05, 4.69) is 15.3 Å². The van der Waals surface area contributed by atoms with Gasteiger partial charge in [-0.3, -0.25) is 14.9 Å². The lowest BCUT2D eigenvalue weighted by Gasteiger charge is -2.15. The predicted octanol–water partition coefficient (Wildman–Crippen LogP) is 5.80. The number of esters is 1. The molecular formula is C29H30N4O7. The molecule has 2 aromatic carbocycles. The van der Waals surface area contributed by atoms with Crippen molar-refractivity contribution >= 4 is 45.1 Å². The number of non-ortho nitro benzene ring substituents is 1. The Hall–Kier alpha value is -4.80. The first kappa shape index (κ1) is 28.2. The molecule has 0 unspecified atom stereocenters. The van der Waals surface area contributed by atoms with Crippen LogP contribution >= 0.6 is 0 Å². The van der Waals surface area contributed by atoms with E-state index in [1.54, 1.807) is 30.3 Å². The van der Waals surface area contributed by atoms with Gasteiger partial charge in [-0.25, -0.2) is 14.8 Å². The molecule has 4 aromatic rings. The molecule has 1 amide bonds. The van der Waals surface area contributed by atoms with Crippen molar-refractivity contribution in [1.82, 2.24) is 9.97 Å². The van der Waals surface area contributed by atoms with Crippen LogP contribution in [0.2, 0.25) is 0 Å². The fourth-order valence-electron chi connectivity index (χ4n) is 3.93. The summed E-state index contributed by atoms with van der Waals surface area (Å²) in [6.45, 7) is 8.66. The first-order valence-electron chi connectivity index (χ1n) is 12.8. The number of pyridine rings is 2. The molecule has 0 fully saturated rings. The third kappa shape index (κ3) is 6.09. The molecule has 0 aliphatic heterocycles. The van der Waals surface area contributed by atoms with Crippen molar-refractivity contribution in [3.8, 4) is 11.5 Å². The van der Waals surface area contributed by atoms with Gasteiger partial charge in [-0.1, -0.05) is 39.8 Å². The third-order valence-corrected chi connectivity index (χ3v) is 5.80. The van der Waals surface area contributed by atoms with Gasteiger partial charge in [0.2, 0.25) is 0 Å². The number of amides is 1. The maximum Gasteiger partial charge on any atom is 0.356 e. The van der Waals surface area contributed by atoms with Gasteiger partial charge in [-0.15, -0.1) is 0 Å². The minimum absolute atomic E-state index is 0.0132. The second-order valence-corrected chi connectivity index (χ2v) is 10.00. The molecule has 11 nitrogen and oxygen atoms in total. The van der Waals surface area contributed by atoms with Crippen molar-refractivity contribution in [2.75, 3.05) is 25.6 Å². The Bertz CT molecular complexity index is 1600. The topological polar surface area (TPSA) is 143 Å². The van der Waals surface area contributed by atoms with E-state index in [-0.39, 0.29) is 40.1 Å². The zero-order chi connectivity index (χ0) is 29.0. The summed E-state index contributed by atoms with van der Waals surface area (Å²) in [6, 6.07) is 12.6. The Labute approximate surface area is 230 Å². The maximum atomic E-state index is 13.5. The molecule has 0 saturated heterocycles. The smallest absolute Gasteiger partial charge is 0.356 e. The molecule has 208 valence electrons. The molecule has 0 aliphatic rings. The van der Waals surface area contributed by atoms with E-state index in [9.17, 15) is 19.7 Å². The summed E-state index contributed by atoms with van der Waals surface area (Å²) in [4.78, 5) is 45.8. The number of methoxy groups -OCH3 is 1. The zero-order valence-electron chi connectivity index (χ0n) is 22.9. The van der Waals surface area contributed by atoms with Crippen LogP contribution in [0, 0.1) is 22.0 Å². The summed E-state index contributed by atoms with van der Waals surface area (Å²) in [5.74, 6) is -0.176. The summed E-state index contributed by atoms with van der Waals surface area (Å²) >= 11 is 0. The second-order valence-electron chi connectivity index (χ2n) is 10.00. The largest absolute Gasteiger partial charge is 0.493 e. The van der Waals surface area contributed by atoms with Crippen LogP contribution in [0.25, 0.3) is 21.8 Å². The number of rotatable bonds is 10. The van der Waals surface area contributed by atoms with E-state index >= 15 is 0 Å². The van der Waals surface area contributed by atoms with Crippen molar-refractivity contribution in [2.24, 2.45) is 11.8 Å². The lowest BCUT2D eigenvalue weighted by atomic mass is 10.1. The van der Waals surface area contributed by atoms with Crippen LogP contribution in [0.5, 0.6) is 11.5 Å². The minimum atomic E-state index is -0.659. The summed E-state index contributed by atoms with van der Waals surface area (Å²) in [5.41, 5.74) is 0.310. The molecular weight excluding hydrogens is 516 g/mol. The van der Waals surface area contributed by atoms with Gasteiger partial charge in [0.15, 0.2) is 11.2 Å². The quantitative estimate of drug-likeness (QED) is 0.148. The summed E-state index contributed by atoms with van der Waals surface area (Å²) in [6.07, 6.45) is 0. The molecule has 1 N–H and O–H groups in total. The number of nitro groups is 1. The first-order valence-corrected chi connectivity index (χ1v) is 12.8. The molecule has 0 aliphatic carbocycles. The van der Waals surface area contributed by atoms with Gasteiger partial charge in [0.25, 0.3) is 11.6 Å². The number of aromatic nitrogens is 2. The Balaban J connectivity index is 1.81. The van der Waals surface area contributed by atoms with E-state index in [1.807, 2.05) is 27.7 Å². The van der Waals surface area contributed by atoms with Gasteiger partial charge in [0, 0.05) is 29.0 Å². The van der Waals surface area contributed by atoms with Gasteiger partial charge in [-0.05, 0) is 30.0 Å². The van der Waals surface area contributed by atoms with Crippen LogP contribution in [-0.2, 0) is 4.74 Å². The van der Waals surface area contributed by atoms with E-state index in [0.29, 0.717) is 41.0 Å². The number of hydrogen-bond donors (Lipinski definition) is 1. The number of benzene rings is 2. The van der Waals surface area contributed by atoms with Gasteiger partial charge in [0.1, 0.15) is 17.2 Å². The average molecular weight is 547 g/mol. The summed E-state index contributed by atoms with van der Waals surface area (Å²) in [5, 5.41) is 15.5. The molecule has 40 heavy (non-hydrogen) atoms. The van der Waals surface area contributed by atoms with Crippen LogP contribution in [0.15, 0.2) is 48.5 Å². The molecule has 0 atom stereocenters. The van der Waals surface area contributed by atoms with Gasteiger partial charge < -0.3 is 19.5 Å². The molecule has 2 heterocycles. The van der Waals surface area contributed by atoms with Crippen LogP contribution < -0.4 is 14.8 Å². The van der Waals surface area contributed by atoms with Crippen molar-refractivity contribution in [3.05, 3.63) is 70.0 Å². The lowest BCUT2D eigenvalue weighted by molar-refractivity contribution is -0.383. The normalized spacial score (nSPS) is 11.2. The molecule has 0 radical (unpaired) electrons. The molecule has 0 spiro atoms. The number of anilines is 1. The Morgan fingerprint density at radius 1 is 0.875 bits per heavy atom. The van der Waals surface area contributed by atoms with Crippen LogP contribution in [-0.4, -0.2) is 47.1 Å². The number of carbonyl (C=O) groups excluding carboxylic acids is 2. The van der Waals surface area contributed by atoms with E-state index in [4.69, 9.17) is 14.2 Å². The maximum absolute atomic E-state index is 13.5. The van der Waals surface area contributed by atoms with Gasteiger partial charge in [-0.2, -0.15) is 0 Å². The SMILES string of the molecule is COC(=O)c1cc(OCC(C)C)c2cccc(NC(=O)c3cc(OCC(C)C)c4cccc([N+](=O)[O-])c4n3)c2n1. The highest BCUT2D eigenvalue weighted by molar-refractivity contribution is 6.10. The fourth-order valence-corrected chi connectivity index (χ4v) is 3.93.